The Morgan fingerprint density at radius 1 is 1.06 bits per heavy atom. The van der Waals surface area contributed by atoms with Crippen LogP contribution in [-0.4, -0.2) is 13.2 Å². The first-order valence-electron chi connectivity index (χ1n) is 5.49. The average molecular weight is 222 g/mol. The third-order valence-corrected chi connectivity index (χ3v) is 1.86. The van der Waals surface area contributed by atoms with Crippen LogP contribution in [0.15, 0.2) is 30.5 Å². The maximum atomic E-state index is 5.48. The van der Waals surface area contributed by atoms with Crippen molar-refractivity contribution in [2.45, 2.75) is 20.8 Å². The van der Waals surface area contributed by atoms with Crippen molar-refractivity contribution in [1.29, 1.82) is 0 Å². The highest BCUT2D eigenvalue weighted by Gasteiger charge is 2.05. The Morgan fingerprint density at radius 2 is 1.75 bits per heavy atom. The Morgan fingerprint density at radius 3 is 2.38 bits per heavy atom. The first kappa shape index (κ1) is 12.4. The predicted molar refractivity (Wildman–Crippen MR) is 64.2 cm³/mol. The molecule has 0 saturated heterocycles. The van der Waals surface area contributed by atoms with Crippen LogP contribution in [0.2, 0.25) is 0 Å². The van der Waals surface area contributed by atoms with Crippen LogP contribution < -0.4 is 14.2 Å². The van der Waals surface area contributed by atoms with E-state index in [4.69, 9.17) is 14.2 Å². The maximum absolute atomic E-state index is 5.48. The SMILES string of the molecule is CC=COc1ccc(OCC)c(OCC)c1. The van der Waals surface area contributed by atoms with E-state index in [0.29, 0.717) is 19.0 Å². The Hall–Kier alpha value is -1.64. The molecule has 0 aliphatic carbocycles. The maximum Gasteiger partial charge on any atom is 0.164 e. The van der Waals surface area contributed by atoms with Gasteiger partial charge in [-0.2, -0.15) is 0 Å². The summed E-state index contributed by atoms with van der Waals surface area (Å²) in [6, 6.07) is 5.54. The van der Waals surface area contributed by atoms with Crippen LogP contribution in [0.25, 0.3) is 0 Å². The third-order valence-electron chi connectivity index (χ3n) is 1.86. The van der Waals surface area contributed by atoms with E-state index < -0.39 is 0 Å². The fourth-order valence-corrected chi connectivity index (χ4v) is 1.25. The van der Waals surface area contributed by atoms with Crippen LogP contribution in [0.5, 0.6) is 17.2 Å². The smallest absolute Gasteiger partial charge is 0.164 e. The van der Waals surface area contributed by atoms with Gasteiger partial charge in [-0.1, -0.05) is 6.08 Å². The van der Waals surface area contributed by atoms with Crippen molar-refractivity contribution in [3.8, 4) is 17.2 Å². The fraction of sp³-hybridized carbons (Fsp3) is 0.385. The quantitative estimate of drug-likeness (QED) is 0.690. The van der Waals surface area contributed by atoms with Crippen molar-refractivity contribution in [3.05, 3.63) is 30.5 Å². The van der Waals surface area contributed by atoms with Crippen molar-refractivity contribution >= 4 is 0 Å². The molecule has 0 aliphatic rings. The van der Waals surface area contributed by atoms with Crippen LogP contribution in [0.3, 0.4) is 0 Å². The second-order valence-electron chi connectivity index (χ2n) is 3.06. The van der Waals surface area contributed by atoms with E-state index in [-0.39, 0.29) is 0 Å². The molecule has 88 valence electrons. The number of rotatable bonds is 6. The van der Waals surface area contributed by atoms with E-state index in [1.165, 1.54) is 0 Å². The molecule has 0 amide bonds. The summed E-state index contributed by atoms with van der Waals surface area (Å²) in [5.74, 6) is 2.20. The zero-order chi connectivity index (χ0) is 11.8. The van der Waals surface area contributed by atoms with Crippen molar-refractivity contribution in [2.75, 3.05) is 13.2 Å². The Balaban J connectivity index is 2.87. The molecule has 0 aromatic heterocycles. The second kappa shape index (κ2) is 6.77. The number of hydrogen-bond acceptors (Lipinski definition) is 3. The average Bonchev–Trinajstić information content (AvgIpc) is 2.30. The topological polar surface area (TPSA) is 27.7 Å². The van der Waals surface area contributed by atoms with Gasteiger partial charge in [0, 0.05) is 6.07 Å². The van der Waals surface area contributed by atoms with Crippen molar-refractivity contribution < 1.29 is 14.2 Å². The Kier molecular flexibility index (Phi) is 5.26. The molecule has 0 fully saturated rings. The molecule has 0 radical (unpaired) electrons. The molecule has 0 heterocycles. The molecular weight excluding hydrogens is 204 g/mol. The molecule has 0 N–H and O–H groups in total. The van der Waals surface area contributed by atoms with E-state index in [2.05, 4.69) is 0 Å². The van der Waals surface area contributed by atoms with Gasteiger partial charge in [-0.25, -0.2) is 0 Å². The molecule has 0 atom stereocenters. The molecular formula is C13H18O3. The lowest BCUT2D eigenvalue weighted by Crippen LogP contribution is -1.98. The van der Waals surface area contributed by atoms with Gasteiger partial charge in [0.15, 0.2) is 11.5 Å². The highest BCUT2D eigenvalue weighted by molar-refractivity contribution is 5.45. The standard InChI is InChI=1S/C13H18O3/c1-4-9-16-11-7-8-12(14-5-2)13(10-11)15-6-3/h4,7-10H,5-6H2,1-3H3. The van der Waals surface area contributed by atoms with Crippen molar-refractivity contribution in [3.63, 3.8) is 0 Å². The van der Waals surface area contributed by atoms with Gasteiger partial charge in [-0.3, -0.25) is 0 Å². The summed E-state index contributed by atoms with van der Waals surface area (Å²) in [5, 5.41) is 0. The third kappa shape index (κ3) is 3.50. The van der Waals surface area contributed by atoms with Crippen LogP contribution in [0.4, 0.5) is 0 Å². The van der Waals surface area contributed by atoms with E-state index >= 15 is 0 Å². The zero-order valence-corrected chi connectivity index (χ0v) is 10.0. The van der Waals surface area contributed by atoms with Gasteiger partial charge in [-0.15, -0.1) is 0 Å². The molecule has 0 bridgehead atoms. The Labute approximate surface area is 96.6 Å². The second-order valence-corrected chi connectivity index (χ2v) is 3.06. The normalized spacial score (nSPS) is 10.4. The molecule has 0 aliphatic heterocycles. The molecule has 0 spiro atoms. The van der Waals surface area contributed by atoms with Crippen LogP contribution >= 0.6 is 0 Å². The Bertz CT molecular complexity index is 345. The van der Waals surface area contributed by atoms with Crippen LogP contribution in [0, 0.1) is 0 Å². The summed E-state index contributed by atoms with van der Waals surface area (Å²) in [5.41, 5.74) is 0. The summed E-state index contributed by atoms with van der Waals surface area (Å²) >= 11 is 0. The number of hydrogen-bond donors (Lipinski definition) is 0. The van der Waals surface area contributed by atoms with E-state index in [1.807, 2.05) is 45.0 Å². The van der Waals surface area contributed by atoms with Crippen molar-refractivity contribution in [1.82, 2.24) is 0 Å². The highest BCUT2D eigenvalue weighted by Crippen LogP contribution is 2.31. The number of benzene rings is 1. The van der Waals surface area contributed by atoms with E-state index in [0.717, 1.165) is 11.5 Å². The van der Waals surface area contributed by atoms with Gasteiger partial charge in [0.1, 0.15) is 5.75 Å². The first-order valence-corrected chi connectivity index (χ1v) is 5.49. The molecule has 0 saturated carbocycles. The minimum absolute atomic E-state index is 0.604. The molecule has 1 aromatic rings. The largest absolute Gasteiger partial charge is 0.490 e. The van der Waals surface area contributed by atoms with Gasteiger partial charge in [0.05, 0.1) is 19.5 Å². The summed E-state index contributed by atoms with van der Waals surface area (Å²) < 4.78 is 16.3. The van der Waals surface area contributed by atoms with E-state index in [1.54, 1.807) is 6.26 Å². The highest BCUT2D eigenvalue weighted by atomic mass is 16.5. The predicted octanol–water partition coefficient (Wildman–Crippen LogP) is 3.40. The molecule has 0 unspecified atom stereocenters. The zero-order valence-electron chi connectivity index (χ0n) is 10.0. The van der Waals surface area contributed by atoms with Gasteiger partial charge in [0.25, 0.3) is 0 Å². The van der Waals surface area contributed by atoms with Gasteiger partial charge in [0.2, 0.25) is 0 Å². The molecule has 3 nitrogen and oxygen atoms in total. The fourth-order valence-electron chi connectivity index (χ4n) is 1.25. The molecule has 16 heavy (non-hydrogen) atoms. The lowest BCUT2D eigenvalue weighted by molar-refractivity contribution is 0.286. The molecule has 1 rings (SSSR count). The first-order chi connectivity index (χ1) is 7.81. The summed E-state index contributed by atoms with van der Waals surface area (Å²) in [4.78, 5) is 0. The van der Waals surface area contributed by atoms with Gasteiger partial charge < -0.3 is 14.2 Å². The van der Waals surface area contributed by atoms with Gasteiger partial charge >= 0.3 is 0 Å². The van der Waals surface area contributed by atoms with E-state index in [9.17, 15) is 0 Å². The van der Waals surface area contributed by atoms with Gasteiger partial charge in [-0.05, 0) is 32.9 Å². The minimum atomic E-state index is 0.604. The van der Waals surface area contributed by atoms with Crippen molar-refractivity contribution in [2.24, 2.45) is 0 Å². The summed E-state index contributed by atoms with van der Waals surface area (Å²) in [6.07, 6.45) is 3.46. The van der Waals surface area contributed by atoms with Crippen LogP contribution in [-0.2, 0) is 0 Å². The summed E-state index contributed by atoms with van der Waals surface area (Å²) in [7, 11) is 0. The minimum Gasteiger partial charge on any atom is -0.490 e. The summed E-state index contributed by atoms with van der Waals surface area (Å²) in [6.45, 7) is 7.01. The monoisotopic (exact) mass is 222 g/mol. The number of allylic oxidation sites excluding steroid dienone is 1. The lowest BCUT2D eigenvalue weighted by Gasteiger charge is -2.11. The molecule has 3 heteroatoms. The molecule has 1 aromatic carbocycles. The van der Waals surface area contributed by atoms with Crippen LogP contribution in [0.1, 0.15) is 20.8 Å². The number of ether oxygens (including phenoxy) is 3. The lowest BCUT2D eigenvalue weighted by atomic mass is 10.3.